The van der Waals surface area contributed by atoms with Crippen molar-refractivity contribution in [1.29, 1.82) is 0 Å². The van der Waals surface area contributed by atoms with Crippen molar-refractivity contribution in [3.63, 3.8) is 0 Å². The minimum Gasteiger partial charge on any atom is -0.453 e. The smallest absolute Gasteiger partial charge is 0.399 e. The Morgan fingerprint density at radius 2 is 1.71 bits per heavy atom. The predicted octanol–water partition coefficient (Wildman–Crippen LogP) is 0.603. The first-order valence-corrected chi connectivity index (χ1v) is 8.08. The zero-order valence-electron chi connectivity index (χ0n) is 12.2. The summed E-state index contributed by atoms with van der Waals surface area (Å²) < 4.78 is 27.6. The molecule has 0 bridgehead atoms. The van der Waals surface area contributed by atoms with Gasteiger partial charge in [0.1, 0.15) is 10.7 Å². The number of hydrogen-bond donors (Lipinski definition) is 1. The van der Waals surface area contributed by atoms with Crippen LogP contribution in [0.4, 0.5) is 0 Å². The van der Waals surface area contributed by atoms with E-state index in [1.54, 1.807) is 12.1 Å². The van der Waals surface area contributed by atoms with E-state index in [1.165, 1.54) is 19.1 Å². The quantitative estimate of drug-likeness (QED) is 0.800. The Balaban J connectivity index is 1.87. The first-order valence-electron chi connectivity index (χ1n) is 6.53. The maximum absolute atomic E-state index is 12.1. The van der Waals surface area contributed by atoms with Gasteiger partial charge in [0.2, 0.25) is 15.8 Å². The number of furan rings is 1. The number of imide groups is 1. The van der Waals surface area contributed by atoms with Gasteiger partial charge in [-0.3, -0.25) is 9.59 Å². The molecule has 2 heterocycles. The van der Waals surface area contributed by atoms with Crippen molar-refractivity contribution in [2.45, 2.75) is 11.8 Å². The number of benzene rings is 1. The molecule has 2 amide bonds. The molecule has 0 radical (unpaired) electrons. The van der Waals surface area contributed by atoms with Crippen LogP contribution in [0.5, 0.6) is 0 Å². The number of aryl methyl sites for hydroxylation is 1. The van der Waals surface area contributed by atoms with E-state index < -0.39 is 38.5 Å². The van der Waals surface area contributed by atoms with Crippen LogP contribution in [0.2, 0.25) is 0 Å². The van der Waals surface area contributed by atoms with Crippen LogP contribution >= 0.6 is 0 Å². The highest BCUT2D eigenvalue weighted by atomic mass is 32.2. The topological polar surface area (TPSA) is 137 Å². The number of carbonyl (C=O) groups is 3. The number of nitrogens with zero attached hydrogens (tertiary/aromatic N) is 1. The summed E-state index contributed by atoms with van der Waals surface area (Å²) >= 11 is 0. The number of hydroxylamine groups is 2. The van der Waals surface area contributed by atoms with Crippen LogP contribution in [0.3, 0.4) is 0 Å². The Kier molecular flexibility index (Phi) is 3.50. The lowest BCUT2D eigenvalue weighted by molar-refractivity contribution is -0.0603. The third-order valence-corrected chi connectivity index (χ3v) is 4.33. The molecule has 1 aromatic heterocycles. The second-order valence-electron chi connectivity index (χ2n) is 4.91. The molecule has 0 saturated heterocycles. The van der Waals surface area contributed by atoms with E-state index in [2.05, 4.69) is 0 Å². The third kappa shape index (κ3) is 2.47. The van der Waals surface area contributed by atoms with Gasteiger partial charge in [-0.1, -0.05) is 17.2 Å². The molecule has 0 unspecified atom stereocenters. The number of amides is 2. The molecule has 0 fully saturated rings. The van der Waals surface area contributed by atoms with Crippen LogP contribution in [0, 0.1) is 6.92 Å². The number of carbonyl (C=O) groups excluding carboxylic acids is 3. The van der Waals surface area contributed by atoms with Crippen molar-refractivity contribution in [2.24, 2.45) is 5.14 Å². The van der Waals surface area contributed by atoms with Gasteiger partial charge in [-0.2, -0.15) is 0 Å². The summed E-state index contributed by atoms with van der Waals surface area (Å²) in [5, 5.41) is 5.27. The van der Waals surface area contributed by atoms with Gasteiger partial charge in [0.25, 0.3) is 11.8 Å². The molecule has 1 aliphatic heterocycles. The first kappa shape index (κ1) is 15.9. The summed E-state index contributed by atoms with van der Waals surface area (Å²) in [5.41, 5.74) is 0.187. The second-order valence-corrected chi connectivity index (χ2v) is 6.43. The number of nitrogens with two attached hydrogens (primary N) is 1. The average molecular weight is 350 g/mol. The number of sulfonamides is 1. The van der Waals surface area contributed by atoms with Crippen LogP contribution in [0.15, 0.2) is 39.6 Å². The molecule has 0 spiro atoms. The molecular weight excluding hydrogens is 340 g/mol. The fourth-order valence-corrected chi connectivity index (χ4v) is 2.94. The molecule has 0 aliphatic carbocycles. The minimum absolute atomic E-state index is 0.0937. The predicted molar refractivity (Wildman–Crippen MR) is 77.2 cm³/mol. The second kappa shape index (κ2) is 5.28. The van der Waals surface area contributed by atoms with Crippen molar-refractivity contribution in [3.8, 4) is 0 Å². The lowest BCUT2D eigenvalue weighted by atomic mass is 10.1. The molecule has 1 aromatic carbocycles. The summed E-state index contributed by atoms with van der Waals surface area (Å²) in [7, 11) is -4.09. The fourth-order valence-electron chi connectivity index (χ4n) is 2.23. The van der Waals surface area contributed by atoms with Crippen LogP contribution in [0.1, 0.15) is 37.0 Å². The van der Waals surface area contributed by atoms with E-state index in [0.717, 1.165) is 6.07 Å². The normalized spacial score (nSPS) is 14.0. The highest BCUT2D eigenvalue weighted by Crippen LogP contribution is 2.24. The van der Waals surface area contributed by atoms with E-state index in [9.17, 15) is 22.8 Å². The van der Waals surface area contributed by atoms with Crippen molar-refractivity contribution in [2.75, 3.05) is 0 Å². The molecule has 24 heavy (non-hydrogen) atoms. The van der Waals surface area contributed by atoms with Crippen LogP contribution in [0.25, 0.3) is 0 Å². The van der Waals surface area contributed by atoms with Gasteiger partial charge >= 0.3 is 5.97 Å². The monoisotopic (exact) mass is 350 g/mol. The van der Waals surface area contributed by atoms with Gasteiger partial charge in [-0.25, -0.2) is 18.4 Å². The summed E-state index contributed by atoms with van der Waals surface area (Å²) in [6, 6.07) is 6.82. The van der Waals surface area contributed by atoms with Gasteiger partial charge in [-0.15, -0.1) is 0 Å². The first-order chi connectivity index (χ1) is 11.2. The minimum atomic E-state index is -4.09. The van der Waals surface area contributed by atoms with Crippen molar-refractivity contribution in [1.82, 2.24) is 5.06 Å². The molecule has 10 heteroatoms. The molecule has 9 nitrogen and oxygen atoms in total. The van der Waals surface area contributed by atoms with E-state index in [0.29, 0.717) is 5.06 Å². The standard InChI is InChI=1S/C14H10N2O7S/c1-7-11(24(15,20)21)6-10(22-7)14(19)23-16-12(17)8-4-2-3-5-9(8)13(16)18/h2-6H,1H3,(H2,15,20,21). The summed E-state index contributed by atoms with van der Waals surface area (Å²) in [4.78, 5) is 40.6. The maximum Gasteiger partial charge on any atom is 0.399 e. The van der Waals surface area contributed by atoms with E-state index >= 15 is 0 Å². The van der Waals surface area contributed by atoms with Crippen LogP contribution < -0.4 is 5.14 Å². The summed E-state index contributed by atoms with van der Waals surface area (Å²) in [5.74, 6) is -3.44. The molecule has 0 atom stereocenters. The van der Waals surface area contributed by atoms with Gasteiger partial charge in [-0.05, 0) is 19.1 Å². The Morgan fingerprint density at radius 1 is 1.17 bits per heavy atom. The Morgan fingerprint density at radius 3 is 2.17 bits per heavy atom. The molecule has 2 aromatic rings. The van der Waals surface area contributed by atoms with Gasteiger partial charge in [0.05, 0.1) is 11.1 Å². The number of primary sulfonamides is 1. The molecular formula is C14H10N2O7S. The van der Waals surface area contributed by atoms with Gasteiger partial charge in [0, 0.05) is 6.07 Å². The lowest BCUT2D eigenvalue weighted by Gasteiger charge is -2.11. The van der Waals surface area contributed by atoms with Gasteiger partial charge < -0.3 is 9.25 Å². The van der Waals surface area contributed by atoms with Crippen molar-refractivity contribution >= 4 is 27.8 Å². The molecule has 0 saturated carbocycles. The zero-order valence-corrected chi connectivity index (χ0v) is 13.0. The summed E-state index contributed by atoms with van der Waals surface area (Å²) in [6.07, 6.45) is 0. The largest absolute Gasteiger partial charge is 0.453 e. The summed E-state index contributed by atoms with van der Waals surface area (Å²) in [6.45, 7) is 1.29. The Hall–Kier alpha value is -2.98. The molecule has 124 valence electrons. The highest BCUT2D eigenvalue weighted by molar-refractivity contribution is 7.89. The van der Waals surface area contributed by atoms with E-state index in [-0.39, 0.29) is 16.9 Å². The molecule has 2 N–H and O–H groups in total. The SMILES string of the molecule is Cc1oc(C(=O)ON2C(=O)c3ccccc3C2=O)cc1S(N)(=O)=O. The lowest BCUT2D eigenvalue weighted by Crippen LogP contribution is -2.32. The van der Waals surface area contributed by atoms with Crippen LogP contribution in [-0.4, -0.2) is 31.3 Å². The number of fused-ring (bicyclic) bond motifs is 1. The third-order valence-electron chi connectivity index (χ3n) is 3.31. The molecule has 1 aliphatic rings. The fraction of sp³-hybridized carbons (Fsp3) is 0.0714. The number of rotatable bonds is 3. The zero-order chi connectivity index (χ0) is 17.6. The maximum atomic E-state index is 12.1. The Bertz CT molecular complexity index is 955. The van der Waals surface area contributed by atoms with E-state index in [1.807, 2.05) is 0 Å². The number of hydrogen-bond acceptors (Lipinski definition) is 7. The van der Waals surface area contributed by atoms with Gasteiger partial charge in [0.15, 0.2) is 0 Å². The highest BCUT2D eigenvalue weighted by Gasteiger charge is 2.39. The van der Waals surface area contributed by atoms with Crippen molar-refractivity contribution < 1.29 is 32.1 Å². The molecule has 3 rings (SSSR count). The van der Waals surface area contributed by atoms with Crippen LogP contribution in [-0.2, 0) is 14.9 Å². The average Bonchev–Trinajstić information content (AvgIpc) is 3.02. The Labute approximate surface area is 135 Å². The van der Waals surface area contributed by atoms with E-state index in [4.69, 9.17) is 14.4 Å². The van der Waals surface area contributed by atoms with Crippen molar-refractivity contribution in [3.05, 3.63) is 53.0 Å².